The lowest BCUT2D eigenvalue weighted by Gasteiger charge is -2.21. The van der Waals surface area contributed by atoms with Crippen molar-refractivity contribution in [2.45, 2.75) is 12.4 Å². The van der Waals surface area contributed by atoms with Crippen molar-refractivity contribution in [3.8, 4) is 5.75 Å². The summed E-state index contributed by atoms with van der Waals surface area (Å²) < 4.78 is 41.2. The van der Waals surface area contributed by atoms with Crippen LogP contribution in [0.15, 0.2) is 60.4 Å². The molecular weight excluding hydrogens is 333 g/mol. The third kappa shape index (κ3) is 3.31. The maximum atomic E-state index is 12.9. The number of benzene rings is 2. The number of nitrogens with two attached hydrogens (primary N) is 1. The van der Waals surface area contributed by atoms with Crippen LogP contribution >= 0.6 is 0 Å². The minimum Gasteiger partial charge on any atom is -0.406 e. The van der Waals surface area contributed by atoms with Crippen molar-refractivity contribution in [2.75, 3.05) is 7.05 Å². The second-order valence-corrected chi connectivity index (χ2v) is 5.62. The quantitative estimate of drug-likeness (QED) is 0.923. The molecule has 0 amide bonds. The van der Waals surface area contributed by atoms with Gasteiger partial charge < -0.3 is 15.4 Å². The van der Waals surface area contributed by atoms with Gasteiger partial charge in [-0.1, -0.05) is 42.5 Å². The second kappa shape index (κ2) is 6.16. The molecule has 0 spiro atoms. The van der Waals surface area contributed by atoms with Crippen molar-refractivity contribution in [3.63, 3.8) is 0 Å². The number of nitrogens with zero attached hydrogens (tertiary/aromatic N) is 1. The van der Waals surface area contributed by atoms with Gasteiger partial charge >= 0.3 is 6.36 Å². The van der Waals surface area contributed by atoms with Gasteiger partial charge in [-0.15, -0.1) is 13.2 Å². The fourth-order valence-electron chi connectivity index (χ4n) is 2.90. The van der Waals surface area contributed by atoms with Crippen molar-refractivity contribution in [1.29, 1.82) is 0 Å². The summed E-state index contributed by atoms with van der Waals surface area (Å²) >= 11 is 0. The lowest BCUT2D eigenvalue weighted by atomic mass is 9.96. The molecule has 2 aromatic rings. The van der Waals surface area contributed by atoms with E-state index in [-0.39, 0.29) is 22.7 Å². The van der Waals surface area contributed by atoms with Crippen LogP contribution in [0.5, 0.6) is 5.75 Å². The van der Waals surface area contributed by atoms with Crippen molar-refractivity contribution in [3.05, 3.63) is 71.5 Å². The molecule has 0 aromatic heterocycles. The van der Waals surface area contributed by atoms with Gasteiger partial charge in [-0.05, 0) is 23.3 Å². The number of ether oxygens (including phenoxy) is 1. The Balaban J connectivity index is 1.97. The van der Waals surface area contributed by atoms with E-state index in [1.807, 2.05) is 18.2 Å². The molecular formula is C18H15F3N2O2. The minimum absolute atomic E-state index is 0.184. The van der Waals surface area contributed by atoms with Crippen LogP contribution in [0.25, 0.3) is 5.57 Å². The summed E-state index contributed by atoms with van der Waals surface area (Å²) in [5, 5.41) is 0. The van der Waals surface area contributed by atoms with E-state index >= 15 is 0 Å². The number of ketones is 1. The Bertz CT molecular complexity index is 832. The van der Waals surface area contributed by atoms with Gasteiger partial charge in [0, 0.05) is 7.05 Å². The molecule has 2 N–H and O–H groups in total. The number of carbonyl (C=O) groups excluding carboxylic acids is 1. The highest BCUT2D eigenvalue weighted by Crippen LogP contribution is 2.38. The summed E-state index contributed by atoms with van der Waals surface area (Å²) in [7, 11) is 1.67. The molecule has 0 bridgehead atoms. The third-order valence-corrected chi connectivity index (χ3v) is 3.99. The zero-order chi connectivity index (χ0) is 18.2. The van der Waals surface area contributed by atoms with E-state index in [1.165, 1.54) is 18.2 Å². The predicted octanol–water partition coefficient (Wildman–Crippen LogP) is 3.47. The molecule has 2 aromatic carbocycles. The van der Waals surface area contributed by atoms with Crippen molar-refractivity contribution in [1.82, 2.24) is 4.90 Å². The molecule has 7 heteroatoms. The van der Waals surface area contributed by atoms with Crippen LogP contribution in [0.3, 0.4) is 0 Å². The molecule has 0 radical (unpaired) electrons. The van der Waals surface area contributed by atoms with E-state index in [4.69, 9.17) is 5.73 Å². The molecule has 1 unspecified atom stereocenters. The van der Waals surface area contributed by atoms with Gasteiger partial charge in [-0.3, -0.25) is 4.79 Å². The number of hydrogen-bond acceptors (Lipinski definition) is 4. The number of hydrogen-bond donors (Lipinski definition) is 1. The van der Waals surface area contributed by atoms with Crippen LogP contribution in [0, 0.1) is 0 Å². The lowest BCUT2D eigenvalue weighted by molar-refractivity contribution is -0.274. The van der Waals surface area contributed by atoms with Gasteiger partial charge in [-0.25, -0.2) is 0 Å². The normalized spacial score (nSPS) is 18.0. The van der Waals surface area contributed by atoms with E-state index in [9.17, 15) is 18.0 Å². The highest BCUT2D eigenvalue weighted by molar-refractivity contribution is 6.26. The molecule has 0 aliphatic carbocycles. The van der Waals surface area contributed by atoms with E-state index in [2.05, 4.69) is 4.74 Å². The highest BCUT2D eigenvalue weighted by Gasteiger charge is 2.38. The Morgan fingerprint density at radius 3 is 2.40 bits per heavy atom. The van der Waals surface area contributed by atoms with Gasteiger partial charge in [0.25, 0.3) is 0 Å². The molecule has 0 fully saturated rings. The Kier molecular flexibility index (Phi) is 4.16. The lowest BCUT2D eigenvalue weighted by Crippen LogP contribution is -2.25. The summed E-state index contributed by atoms with van der Waals surface area (Å²) in [6, 6.07) is 13.7. The molecule has 1 aliphatic heterocycles. The average molecular weight is 348 g/mol. The van der Waals surface area contributed by atoms with Crippen LogP contribution < -0.4 is 10.5 Å². The monoisotopic (exact) mass is 348 g/mol. The zero-order valence-electron chi connectivity index (χ0n) is 13.2. The van der Waals surface area contributed by atoms with Gasteiger partial charge in [0.15, 0.2) is 5.78 Å². The van der Waals surface area contributed by atoms with Crippen LogP contribution in [-0.2, 0) is 4.79 Å². The van der Waals surface area contributed by atoms with Crippen LogP contribution in [0.2, 0.25) is 0 Å². The first kappa shape index (κ1) is 16.9. The highest BCUT2D eigenvalue weighted by atomic mass is 19.4. The number of Topliss-reactive ketones (excluding diaryl/α,β-unsaturated/α-hetero) is 1. The number of likely N-dealkylation sites (N-methyl/N-ethyl adjacent to an activating group) is 1. The van der Waals surface area contributed by atoms with Crippen molar-refractivity contribution in [2.24, 2.45) is 5.73 Å². The largest absolute Gasteiger partial charge is 0.573 e. The van der Waals surface area contributed by atoms with Gasteiger partial charge in [0.05, 0.1) is 5.57 Å². The van der Waals surface area contributed by atoms with Crippen molar-refractivity contribution >= 4 is 11.4 Å². The van der Waals surface area contributed by atoms with E-state index in [0.29, 0.717) is 0 Å². The van der Waals surface area contributed by atoms with E-state index < -0.39 is 18.2 Å². The molecule has 1 aliphatic rings. The standard InChI is InChI=1S/C18H15F3N2O2/c1-23-15(11-6-3-2-4-7-11)16(24)14(17(23)22)12-8-5-9-13(10-12)25-18(19,20)21/h2-10,15H,22H2,1H3. The summed E-state index contributed by atoms with van der Waals surface area (Å²) in [5.74, 6) is -0.456. The SMILES string of the molecule is CN1C(N)=C(c2cccc(OC(F)(F)F)c2)C(=O)C1c1ccccc1. The molecule has 1 heterocycles. The Labute approximate surface area is 142 Å². The number of rotatable bonds is 3. The maximum absolute atomic E-state index is 12.9. The minimum atomic E-state index is -4.80. The van der Waals surface area contributed by atoms with Gasteiger partial charge in [0.1, 0.15) is 17.6 Å². The number of alkyl halides is 3. The average Bonchev–Trinajstić information content (AvgIpc) is 2.76. The molecule has 130 valence electrons. The first-order valence-electron chi connectivity index (χ1n) is 7.46. The predicted molar refractivity (Wildman–Crippen MR) is 86.2 cm³/mol. The summed E-state index contributed by atoms with van der Waals surface area (Å²) in [6.07, 6.45) is -4.80. The van der Waals surface area contributed by atoms with Gasteiger partial charge in [-0.2, -0.15) is 0 Å². The number of carbonyl (C=O) groups is 1. The van der Waals surface area contributed by atoms with Crippen LogP contribution in [0.4, 0.5) is 13.2 Å². The molecule has 0 saturated heterocycles. The van der Waals surface area contributed by atoms with Crippen molar-refractivity contribution < 1.29 is 22.7 Å². The molecule has 3 rings (SSSR count). The molecule has 0 saturated carbocycles. The Morgan fingerprint density at radius 2 is 1.76 bits per heavy atom. The smallest absolute Gasteiger partial charge is 0.406 e. The fourth-order valence-corrected chi connectivity index (χ4v) is 2.90. The molecule has 4 nitrogen and oxygen atoms in total. The van der Waals surface area contributed by atoms with E-state index in [1.54, 1.807) is 24.1 Å². The third-order valence-electron chi connectivity index (χ3n) is 3.99. The summed E-state index contributed by atoms with van der Waals surface area (Å²) in [6.45, 7) is 0. The summed E-state index contributed by atoms with van der Waals surface area (Å²) in [4.78, 5) is 14.5. The second-order valence-electron chi connectivity index (χ2n) is 5.62. The van der Waals surface area contributed by atoms with E-state index in [0.717, 1.165) is 11.6 Å². The Hall–Kier alpha value is -2.96. The topological polar surface area (TPSA) is 55.6 Å². The van der Waals surface area contributed by atoms with Crippen LogP contribution in [0.1, 0.15) is 17.2 Å². The first-order chi connectivity index (χ1) is 11.8. The zero-order valence-corrected chi connectivity index (χ0v) is 13.2. The maximum Gasteiger partial charge on any atom is 0.573 e. The van der Waals surface area contributed by atoms with Gasteiger partial charge in [0.2, 0.25) is 0 Å². The molecule has 25 heavy (non-hydrogen) atoms. The Morgan fingerprint density at radius 1 is 1.08 bits per heavy atom. The first-order valence-corrected chi connectivity index (χ1v) is 7.46. The summed E-state index contributed by atoms with van der Waals surface area (Å²) in [5.41, 5.74) is 7.30. The van der Waals surface area contributed by atoms with Crippen LogP contribution in [-0.4, -0.2) is 24.1 Å². The molecule has 1 atom stereocenters. The number of halogens is 3. The fraction of sp³-hybridized carbons (Fsp3) is 0.167.